The van der Waals surface area contributed by atoms with Gasteiger partial charge in [0, 0.05) is 18.4 Å². The van der Waals surface area contributed by atoms with Crippen LogP contribution in [0.4, 0.5) is 4.79 Å². The Morgan fingerprint density at radius 2 is 2.12 bits per heavy atom. The van der Waals surface area contributed by atoms with E-state index in [1.165, 1.54) is 10.8 Å². The van der Waals surface area contributed by atoms with E-state index < -0.39 is 11.9 Å². The lowest BCUT2D eigenvalue weighted by molar-refractivity contribution is -0.120. The summed E-state index contributed by atoms with van der Waals surface area (Å²) in [5.74, 6) is -0.594. The van der Waals surface area contributed by atoms with E-state index in [4.69, 9.17) is 5.73 Å². The van der Waals surface area contributed by atoms with Crippen molar-refractivity contribution in [2.45, 2.75) is 25.4 Å². The van der Waals surface area contributed by atoms with E-state index in [2.05, 4.69) is 0 Å². The van der Waals surface area contributed by atoms with Crippen LogP contribution in [0.15, 0.2) is 17.2 Å². The zero-order chi connectivity index (χ0) is 11.7. The van der Waals surface area contributed by atoms with Gasteiger partial charge in [0.1, 0.15) is 6.54 Å². The van der Waals surface area contributed by atoms with Gasteiger partial charge in [-0.15, -0.1) is 0 Å². The molecule has 7 nitrogen and oxygen atoms in total. The van der Waals surface area contributed by atoms with Crippen LogP contribution in [0.1, 0.15) is 18.9 Å². The molecule has 7 heteroatoms. The molecule has 3 amide bonds. The molecule has 0 radical (unpaired) electrons. The summed E-state index contributed by atoms with van der Waals surface area (Å²) in [5.41, 5.74) is 4.55. The van der Waals surface area contributed by atoms with Gasteiger partial charge in [0.05, 0.1) is 0 Å². The first-order chi connectivity index (χ1) is 7.58. The lowest BCUT2D eigenvalue weighted by atomic mass is 10.5. The fraction of sp³-hybridized carbons (Fsp3) is 0.444. The molecule has 1 fully saturated rings. The van der Waals surface area contributed by atoms with Crippen LogP contribution in [0, 0.1) is 0 Å². The molecule has 3 N–H and O–H groups in total. The summed E-state index contributed by atoms with van der Waals surface area (Å²) in [7, 11) is 0. The van der Waals surface area contributed by atoms with Crippen LogP contribution in [0.3, 0.4) is 0 Å². The third-order valence-electron chi connectivity index (χ3n) is 2.39. The second-order valence-electron chi connectivity index (χ2n) is 3.76. The minimum Gasteiger partial charge on any atom is -0.351 e. The topological polar surface area (TPSA) is 99.1 Å². The summed E-state index contributed by atoms with van der Waals surface area (Å²) in [6, 6.07) is -0.646. The molecule has 1 aromatic rings. The Kier molecular flexibility index (Phi) is 2.51. The molecule has 1 heterocycles. The number of amides is 3. The molecule has 0 atom stereocenters. The van der Waals surface area contributed by atoms with Crippen LogP contribution < -0.4 is 16.7 Å². The van der Waals surface area contributed by atoms with Gasteiger partial charge in [-0.1, -0.05) is 0 Å². The number of nitrogens with one attached hydrogen (secondary N) is 1. The zero-order valence-corrected chi connectivity index (χ0v) is 8.55. The molecule has 0 bridgehead atoms. The number of imide groups is 1. The molecule has 0 aromatic carbocycles. The molecule has 1 aliphatic carbocycles. The van der Waals surface area contributed by atoms with Crippen LogP contribution >= 0.6 is 0 Å². The number of rotatable bonds is 3. The number of nitrogens with zero attached hydrogens (tertiary/aromatic N) is 2. The van der Waals surface area contributed by atoms with Crippen molar-refractivity contribution in [1.29, 1.82) is 0 Å². The SMILES string of the molecule is NC(=O)NC(=O)Cn1ccn(C2CC2)c1=O. The van der Waals surface area contributed by atoms with Gasteiger partial charge < -0.3 is 5.73 Å². The van der Waals surface area contributed by atoms with Crippen molar-refractivity contribution < 1.29 is 9.59 Å². The highest BCUT2D eigenvalue weighted by Gasteiger charge is 2.25. The smallest absolute Gasteiger partial charge is 0.328 e. The van der Waals surface area contributed by atoms with Crippen LogP contribution in [-0.4, -0.2) is 21.1 Å². The zero-order valence-electron chi connectivity index (χ0n) is 8.55. The van der Waals surface area contributed by atoms with E-state index in [1.807, 2.05) is 5.32 Å². The molecular weight excluding hydrogens is 212 g/mol. The average molecular weight is 224 g/mol. The van der Waals surface area contributed by atoms with Crippen LogP contribution in [0.25, 0.3) is 0 Å². The first-order valence-electron chi connectivity index (χ1n) is 4.94. The predicted octanol–water partition coefficient (Wildman–Crippen LogP) is -0.820. The highest BCUT2D eigenvalue weighted by Crippen LogP contribution is 2.33. The van der Waals surface area contributed by atoms with E-state index >= 15 is 0 Å². The van der Waals surface area contributed by atoms with Gasteiger partial charge in [0.2, 0.25) is 5.91 Å². The van der Waals surface area contributed by atoms with Gasteiger partial charge in [-0.2, -0.15) is 0 Å². The third kappa shape index (κ3) is 2.13. The summed E-state index contributed by atoms with van der Waals surface area (Å²) in [5, 5.41) is 1.90. The number of carbonyl (C=O) groups is 2. The van der Waals surface area contributed by atoms with E-state index in [-0.39, 0.29) is 18.3 Å². The van der Waals surface area contributed by atoms with Gasteiger partial charge in [0.25, 0.3) is 0 Å². The Labute approximate surface area is 90.8 Å². The van der Waals surface area contributed by atoms with Gasteiger partial charge in [0.15, 0.2) is 0 Å². The minimum atomic E-state index is -0.917. The summed E-state index contributed by atoms with van der Waals surface area (Å²) in [4.78, 5) is 33.3. The quantitative estimate of drug-likeness (QED) is 0.701. The molecule has 1 aromatic heterocycles. The first kappa shape index (κ1) is 10.5. The van der Waals surface area contributed by atoms with Crippen molar-refractivity contribution >= 4 is 11.9 Å². The fourth-order valence-corrected chi connectivity index (χ4v) is 1.51. The second kappa shape index (κ2) is 3.84. The largest absolute Gasteiger partial charge is 0.351 e. The molecule has 1 saturated carbocycles. The second-order valence-corrected chi connectivity index (χ2v) is 3.76. The Morgan fingerprint density at radius 3 is 2.69 bits per heavy atom. The summed E-state index contributed by atoms with van der Waals surface area (Å²) < 4.78 is 2.84. The van der Waals surface area contributed by atoms with Gasteiger partial charge in [-0.25, -0.2) is 9.59 Å². The summed E-state index contributed by atoms with van der Waals surface area (Å²) in [6.07, 6.45) is 5.17. The van der Waals surface area contributed by atoms with E-state index in [0.29, 0.717) is 0 Å². The number of hydrogen-bond donors (Lipinski definition) is 2. The van der Waals surface area contributed by atoms with E-state index in [9.17, 15) is 14.4 Å². The number of hydrogen-bond acceptors (Lipinski definition) is 3. The minimum absolute atomic E-state index is 0.193. The third-order valence-corrected chi connectivity index (χ3v) is 2.39. The lowest BCUT2D eigenvalue weighted by Crippen LogP contribution is -2.39. The van der Waals surface area contributed by atoms with Crippen LogP contribution in [0.5, 0.6) is 0 Å². The maximum atomic E-state index is 11.7. The molecule has 1 aliphatic rings. The van der Waals surface area contributed by atoms with E-state index in [1.54, 1.807) is 10.8 Å². The molecular formula is C9H12N4O3. The maximum Gasteiger partial charge on any atom is 0.328 e. The van der Waals surface area contributed by atoms with Crippen molar-refractivity contribution in [3.8, 4) is 0 Å². The molecule has 0 saturated heterocycles. The van der Waals surface area contributed by atoms with Gasteiger partial charge >= 0.3 is 11.7 Å². The highest BCUT2D eigenvalue weighted by molar-refractivity contribution is 5.93. The predicted molar refractivity (Wildman–Crippen MR) is 54.7 cm³/mol. The van der Waals surface area contributed by atoms with Crippen molar-refractivity contribution in [2.24, 2.45) is 5.73 Å². The molecule has 0 spiro atoms. The normalized spacial score (nSPS) is 14.8. The number of urea groups is 1. The van der Waals surface area contributed by atoms with E-state index in [0.717, 1.165) is 12.8 Å². The highest BCUT2D eigenvalue weighted by atomic mass is 16.2. The monoisotopic (exact) mass is 224 g/mol. The summed E-state index contributed by atoms with van der Waals surface area (Å²) in [6.45, 7) is -0.193. The Bertz CT molecular complexity index is 483. The Balaban J connectivity index is 2.07. The maximum absolute atomic E-state index is 11.7. The molecule has 2 rings (SSSR count). The summed E-state index contributed by atoms with van der Waals surface area (Å²) >= 11 is 0. The fourth-order valence-electron chi connectivity index (χ4n) is 1.51. The number of nitrogens with two attached hydrogens (primary N) is 1. The number of aromatic nitrogens is 2. The first-order valence-corrected chi connectivity index (χ1v) is 4.94. The Morgan fingerprint density at radius 1 is 1.44 bits per heavy atom. The molecule has 86 valence electrons. The molecule has 0 aliphatic heterocycles. The van der Waals surface area contributed by atoms with Crippen molar-refractivity contribution in [3.05, 3.63) is 22.9 Å². The number of carbonyl (C=O) groups excluding carboxylic acids is 2. The Hall–Kier alpha value is -2.05. The lowest BCUT2D eigenvalue weighted by Gasteiger charge is -2.01. The van der Waals surface area contributed by atoms with Crippen molar-refractivity contribution in [3.63, 3.8) is 0 Å². The molecule has 0 unspecified atom stereocenters. The number of primary amides is 1. The molecule has 16 heavy (non-hydrogen) atoms. The van der Waals surface area contributed by atoms with Gasteiger partial charge in [-0.3, -0.25) is 19.2 Å². The van der Waals surface area contributed by atoms with Crippen molar-refractivity contribution in [1.82, 2.24) is 14.5 Å². The van der Waals surface area contributed by atoms with Crippen LogP contribution in [0.2, 0.25) is 0 Å². The average Bonchev–Trinajstić information content (AvgIpc) is 2.94. The van der Waals surface area contributed by atoms with Gasteiger partial charge in [-0.05, 0) is 12.8 Å². The number of imidazole rings is 1. The van der Waals surface area contributed by atoms with Crippen LogP contribution in [-0.2, 0) is 11.3 Å². The van der Waals surface area contributed by atoms with Crippen molar-refractivity contribution in [2.75, 3.05) is 0 Å². The standard InChI is InChI=1S/C9H12N4O3/c10-8(15)11-7(14)5-12-3-4-13(9(12)16)6-1-2-6/h3-4,6H,1-2,5H2,(H3,10,11,14,15).